The minimum atomic E-state index is 0.566. The lowest BCUT2D eigenvalue weighted by Gasteiger charge is -2.06. The summed E-state index contributed by atoms with van der Waals surface area (Å²) in [6.45, 7) is 0.566. The summed E-state index contributed by atoms with van der Waals surface area (Å²) < 4.78 is 4.80. The molecule has 1 heterocycles. The summed E-state index contributed by atoms with van der Waals surface area (Å²) in [5, 5.41) is 1.71. The van der Waals surface area contributed by atoms with Crippen LogP contribution in [-0.4, -0.2) is 18.8 Å². The molecular formula is C4H7N2O. The van der Waals surface area contributed by atoms with Crippen molar-refractivity contribution in [2.24, 2.45) is 0 Å². The Labute approximate surface area is 42.5 Å². The predicted molar refractivity (Wildman–Crippen MR) is 25.0 cm³/mol. The van der Waals surface area contributed by atoms with Gasteiger partial charge in [-0.1, -0.05) is 0 Å². The number of nitrogens with zero attached hydrogens (tertiary/aromatic N) is 2. The number of rotatable bonds is 1. The van der Waals surface area contributed by atoms with Gasteiger partial charge >= 0.3 is 0 Å². The van der Waals surface area contributed by atoms with Crippen molar-refractivity contribution in [1.29, 1.82) is 0 Å². The van der Waals surface area contributed by atoms with Gasteiger partial charge in [0.05, 0.1) is 6.20 Å². The molecule has 0 aromatic carbocycles. The minimum Gasteiger partial charge on any atom is -0.478 e. The molecule has 1 rings (SSSR count). The third-order valence-electron chi connectivity index (χ3n) is 0.793. The highest BCUT2D eigenvalue weighted by atomic mass is 16.5. The molecule has 0 saturated carbocycles. The van der Waals surface area contributed by atoms with Crippen molar-refractivity contribution in [2.45, 2.75) is 0 Å². The van der Waals surface area contributed by atoms with Crippen LogP contribution >= 0.6 is 0 Å². The second-order valence-corrected chi connectivity index (χ2v) is 1.22. The van der Waals surface area contributed by atoms with Gasteiger partial charge in [0.1, 0.15) is 6.26 Å². The van der Waals surface area contributed by atoms with Gasteiger partial charge in [0.15, 0.2) is 6.73 Å². The Kier molecular flexibility index (Phi) is 1.17. The molecule has 1 aliphatic rings. The van der Waals surface area contributed by atoms with Gasteiger partial charge in [-0.25, -0.2) is 0 Å². The molecule has 0 N–H and O–H groups in total. The Morgan fingerprint density at radius 3 is 3.00 bits per heavy atom. The van der Waals surface area contributed by atoms with Crippen molar-refractivity contribution in [1.82, 2.24) is 10.4 Å². The summed E-state index contributed by atoms with van der Waals surface area (Å²) in [7, 11) is 1.72. The summed E-state index contributed by atoms with van der Waals surface area (Å²) >= 11 is 0. The summed E-state index contributed by atoms with van der Waals surface area (Å²) in [5.74, 6) is 0. The molecule has 7 heavy (non-hydrogen) atoms. The summed E-state index contributed by atoms with van der Waals surface area (Å²) in [6, 6.07) is 0. The summed E-state index contributed by atoms with van der Waals surface area (Å²) in [5.41, 5.74) is 3.81. The van der Waals surface area contributed by atoms with Crippen LogP contribution in [0, 0.1) is 0 Å². The van der Waals surface area contributed by atoms with E-state index in [1.54, 1.807) is 24.5 Å². The molecule has 0 bridgehead atoms. The van der Waals surface area contributed by atoms with Gasteiger partial charge in [-0.2, -0.15) is 0 Å². The second-order valence-electron chi connectivity index (χ2n) is 1.22. The molecular weight excluding hydrogens is 92.1 g/mol. The van der Waals surface area contributed by atoms with Crippen molar-refractivity contribution < 1.29 is 4.74 Å². The van der Waals surface area contributed by atoms with Gasteiger partial charge in [-0.05, 0) is 0 Å². The molecule has 0 aromatic heterocycles. The van der Waals surface area contributed by atoms with E-state index < -0.39 is 0 Å². The Morgan fingerprint density at radius 2 is 2.71 bits per heavy atom. The van der Waals surface area contributed by atoms with Crippen LogP contribution in [0.4, 0.5) is 0 Å². The monoisotopic (exact) mass is 99.1 g/mol. The summed E-state index contributed by atoms with van der Waals surface area (Å²) in [6.07, 6.45) is 3.40. The maximum Gasteiger partial charge on any atom is 0.175 e. The van der Waals surface area contributed by atoms with E-state index >= 15 is 0 Å². The smallest absolute Gasteiger partial charge is 0.175 e. The van der Waals surface area contributed by atoms with E-state index in [0.29, 0.717) is 6.73 Å². The first-order chi connectivity index (χ1) is 3.43. The van der Waals surface area contributed by atoms with E-state index in [1.807, 2.05) is 0 Å². The maximum absolute atomic E-state index is 4.80. The van der Waals surface area contributed by atoms with Crippen molar-refractivity contribution >= 4 is 0 Å². The molecule has 0 aromatic rings. The Morgan fingerprint density at radius 1 is 1.86 bits per heavy atom. The first-order valence-corrected chi connectivity index (χ1v) is 2.08. The standard InChI is InChI=1S/C4H7N2O/c1-5-6-2-3-7-4-6/h2-3H,4H2,1H3. The highest BCUT2D eigenvalue weighted by Gasteiger charge is 1.99. The van der Waals surface area contributed by atoms with Crippen LogP contribution in [-0.2, 0) is 4.74 Å². The highest BCUT2D eigenvalue weighted by molar-refractivity contribution is 4.75. The van der Waals surface area contributed by atoms with Crippen LogP contribution < -0.4 is 5.43 Å². The van der Waals surface area contributed by atoms with Crippen molar-refractivity contribution in [3.63, 3.8) is 0 Å². The normalized spacial score (nSPS) is 17.6. The summed E-state index contributed by atoms with van der Waals surface area (Å²) in [4.78, 5) is 0. The Hall–Kier alpha value is -0.700. The van der Waals surface area contributed by atoms with Gasteiger partial charge < -0.3 is 4.74 Å². The SMILES string of the molecule is C[N]N1C=COC1. The average molecular weight is 99.1 g/mol. The molecule has 0 amide bonds. The topological polar surface area (TPSA) is 26.6 Å². The Bertz CT molecular complexity index is 81.8. The van der Waals surface area contributed by atoms with Gasteiger partial charge in [0.2, 0.25) is 0 Å². The van der Waals surface area contributed by atoms with Gasteiger partial charge in [-0.3, -0.25) is 5.01 Å². The van der Waals surface area contributed by atoms with Gasteiger partial charge in [0.25, 0.3) is 0 Å². The van der Waals surface area contributed by atoms with E-state index in [2.05, 4.69) is 5.43 Å². The van der Waals surface area contributed by atoms with E-state index in [4.69, 9.17) is 4.74 Å². The zero-order valence-electron chi connectivity index (χ0n) is 4.16. The van der Waals surface area contributed by atoms with Crippen LogP contribution in [0.2, 0.25) is 0 Å². The lowest BCUT2D eigenvalue weighted by atomic mass is 10.9. The molecule has 3 nitrogen and oxygen atoms in total. The van der Waals surface area contributed by atoms with Crippen LogP contribution in [0.25, 0.3) is 0 Å². The van der Waals surface area contributed by atoms with Crippen LogP contribution in [0.3, 0.4) is 0 Å². The molecule has 39 valence electrons. The molecule has 0 aliphatic carbocycles. The quantitative estimate of drug-likeness (QED) is 0.458. The first kappa shape index (κ1) is 4.46. The predicted octanol–water partition coefficient (Wildman–Crippen LogP) is -0.104. The number of hydrogen-bond acceptors (Lipinski definition) is 2. The molecule has 0 fully saturated rings. The molecule has 0 saturated heterocycles. The van der Waals surface area contributed by atoms with E-state index in [-0.39, 0.29) is 0 Å². The highest BCUT2D eigenvalue weighted by Crippen LogP contribution is 1.94. The van der Waals surface area contributed by atoms with E-state index in [9.17, 15) is 0 Å². The fraction of sp³-hybridized carbons (Fsp3) is 0.500. The zero-order chi connectivity index (χ0) is 5.11. The van der Waals surface area contributed by atoms with Crippen molar-refractivity contribution in [3.05, 3.63) is 12.5 Å². The molecule has 1 radical (unpaired) electrons. The third kappa shape index (κ3) is 0.838. The molecule has 0 atom stereocenters. The second kappa shape index (κ2) is 1.84. The number of ether oxygens (including phenoxy) is 1. The van der Waals surface area contributed by atoms with Gasteiger partial charge in [0, 0.05) is 7.05 Å². The molecule has 0 spiro atoms. The van der Waals surface area contributed by atoms with Crippen LogP contribution in [0.15, 0.2) is 12.5 Å². The zero-order valence-corrected chi connectivity index (χ0v) is 4.16. The minimum absolute atomic E-state index is 0.566. The fourth-order valence-electron chi connectivity index (χ4n) is 0.400. The lowest BCUT2D eigenvalue weighted by molar-refractivity contribution is 0.137. The number of hydrogen-bond donors (Lipinski definition) is 0. The van der Waals surface area contributed by atoms with E-state index in [0.717, 1.165) is 0 Å². The third-order valence-corrected chi connectivity index (χ3v) is 0.793. The molecule has 0 unspecified atom stereocenters. The van der Waals surface area contributed by atoms with Gasteiger partial charge in [-0.15, -0.1) is 5.43 Å². The van der Waals surface area contributed by atoms with E-state index in [1.165, 1.54) is 0 Å². The maximum atomic E-state index is 4.80. The lowest BCUT2D eigenvalue weighted by Crippen LogP contribution is -2.21. The van der Waals surface area contributed by atoms with Crippen LogP contribution in [0.5, 0.6) is 0 Å². The average Bonchev–Trinajstić information content (AvgIpc) is 2.14. The first-order valence-electron chi connectivity index (χ1n) is 2.08. The van der Waals surface area contributed by atoms with Crippen molar-refractivity contribution in [2.75, 3.05) is 13.8 Å². The van der Waals surface area contributed by atoms with Crippen molar-refractivity contribution in [3.8, 4) is 0 Å². The molecule has 1 aliphatic heterocycles. The van der Waals surface area contributed by atoms with Crippen LogP contribution in [0.1, 0.15) is 0 Å². The fourth-order valence-corrected chi connectivity index (χ4v) is 0.400. The molecule has 3 heteroatoms. The largest absolute Gasteiger partial charge is 0.478 e. The Balaban J connectivity index is 2.28.